The van der Waals surface area contributed by atoms with Gasteiger partial charge < -0.3 is 15.0 Å². The monoisotopic (exact) mass is 186 g/mol. The predicted octanol–water partition coefficient (Wildman–Crippen LogP) is 0.560. The average molecular weight is 186 g/mol. The molecule has 0 heterocycles. The maximum Gasteiger partial charge on any atom is 0.334 e. The Kier molecular flexibility index (Phi) is 4.96. The molecule has 0 spiro atoms. The summed E-state index contributed by atoms with van der Waals surface area (Å²) in [7, 11) is 5.09. The number of ether oxygens (including phenoxy) is 1. The number of carbonyl (C=O) groups is 1. The molecule has 0 fully saturated rings. The summed E-state index contributed by atoms with van der Waals surface area (Å²) in [5.41, 5.74) is 0. The molecule has 4 nitrogen and oxygen atoms in total. The molecule has 0 amide bonds. The van der Waals surface area contributed by atoms with E-state index in [2.05, 4.69) is 10.1 Å². The molecule has 0 radical (unpaired) electrons. The van der Waals surface area contributed by atoms with Gasteiger partial charge in [0, 0.05) is 20.1 Å². The van der Waals surface area contributed by atoms with Crippen LogP contribution < -0.4 is 5.32 Å². The van der Waals surface area contributed by atoms with Crippen molar-refractivity contribution in [2.24, 2.45) is 0 Å². The number of nitrogens with one attached hydrogen (secondary N) is 1. The van der Waals surface area contributed by atoms with Crippen LogP contribution in [0.5, 0.6) is 0 Å². The maximum atomic E-state index is 10.9. The summed E-state index contributed by atoms with van der Waals surface area (Å²) in [6.45, 7) is 4.02. The lowest BCUT2D eigenvalue weighted by Crippen LogP contribution is -2.31. The van der Waals surface area contributed by atoms with Gasteiger partial charge in [0.25, 0.3) is 0 Å². The Hall–Kier alpha value is -1.19. The van der Waals surface area contributed by atoms with Crippen LogP contribution in [0.3, 0.4) is 0 Å². The molecule has 0 aliphatic carbocycles. The molecule has 0 atom stereocenters. The number of esters is 1. The van der Waals surface area contributed by atoms with E-state index in [0.717, 1.165) is 5.82 Å². The third-order valence-electron chi connectivity index (χ3n) is 1.37. The van der Waals surface area contributed by atoms with Crippen LogP contribution in [0.2, 0.25) is 0 Å². The van der Waals surface area contributed by atoms with Gasteiger partial charge in [-0.05, 0) is 13.8 Å². The Balaban J connectivity index is 4.41. The number of rotatable bonds is 4. The highest BCUT2D eigenvalue weighted by Crippen LogP contribution is 1.96. The highest BCUT2D eigenvalue weighted by Gasteiger charge is 2.04. The van der Waals surface area contributed by atoms with Gasteiger partial charge >= 0.3 is 5.97 Å². The zero-order valence-corrected chi connectivity index (χ0v) is 8.92. The summed E-state index contributed by atoms with van der Waals surface area (Å²) in [4.78, 5) is 12.8. The van der Waals surface area contributed by atoms with E-state index < -0.39 is 0 Å². The molecule has 0 bridgehead atoms. The first kappa shape index (κ1) is 11.8. The second kappa shape index (κ2) is 5.45. The van der Waals surface area contributed by atoms with E-state index in [0.29, 0.717) is 6.04 Å². The minimum atomic E-state index is -0.350. The Morgan fingerprint density at radius 2 is 2.00 bits per heavy atom. The average Bonchev–Trinajstić information content (AvgIpc) is 2.02. The second-order valence-corrected chi connectivity index (χ2v) is 3.25. The van der Waals surface area contributed by atoms with Crippen molar-refractivity contribution in [2.45, 2.75) is 19.9 Å². The van der Waals surface area contributed by atoms with Crippen molar-refractivity contribution < 1.29 is 9.53 Å². The molecule has 0 aliphatic rings. The Bertz CT molecular complexity index is 198. The molecular formula is C9H18N2O2. The first-order valence-electron chi connectivity index (χ1n) is 4.21. The maximum absolute atomic E-state index is 10.9. The highest BCUT2D eigenvalue weighted by molar-refractivity contribution is 5.82. The number of methoxy groups -OCH3 is 1. The molecule has 0 rings (SSSR count). The zero-order valence-electron chi connectivity index (χ0n) is 8.92. The van der Waals surface area contributed by atoms with Crippen molar-refractivity contribution in [1.29, 1.82) is 0 Å². The van der Waals surface area contributed by atoms with E-state index in [4.69, 9.17) is 0 Å². The summed E-state index contributed by atoms with van der Waals surface area (Å²) in [5.74, 6) is 0.402. The Morgan fingerprint density at radius 3 is 2.31 bits per heavy atom. The first-order chi connectivity index (χ1) is 5.97. The minimum absolute atomic E-state index is 0.290. The SMILES string of the molecule is COC(=O)C=C(NC(C)C)N(C)C. The van der Waals surface area contributed by atoms with Crippen LogP contribution in [0.1, 0.15) is 13.8 Å². The van der Waals surface area contributed by atoms with E-state index in [1.54, 1.807) is 0 Å². The van der Waals surface area contributed by atoms with Gasteiger partial charge in [0.05, 0.1) is 13.2 Å². The van der Waals surface area contributed by atoms with Gasteiger partial charge in [0.2, 0.25) is 0 Å². The number of nitrogens with zero attached hydrogens (tertiary/aromatic N) is 1. The Morgan fingerprint density at radius 1 is 1.46 bits per heavy atom. The molecule has 4 heteroatoms. The Labute approximate surface area is 79.6 Å². The zero-order chi connectivity index (χ0) is 10.4. The van der Waals surface area contributed by atoms with Crippen molar-refractivity contribution in [3.05, 3.63) is 11.9 Å². The number of hydrogen-bond acceptors (Lipinski definition) is 4. The topological polar surface area (TPSA) is 41.6 Å². The lowest BCUT2D eigenvalue weighted by Gasteiger charge is -2.20. The van der Waals surface area contributed by atoms with Gasteiger partial charge in [-0.1, -0.05) is 0 Å². The number of carbonyl (C=O) groups excluding carboxylic acids is 1. The van der Waals surface area contributed by atoms with Crippen molar-refractivity contribution in [3.8, 4) is 0 Å². The van der Waals surface area contributed by atoms with E-state index in [1.807, 2.05) is 32.8 Å². The number of hydrogen-bond donors (Lipinski definition) is 1. The highest BCUT2D eigenvalue weighted by atomic mass is 16.5. The molecule has 0 unspecified atom stereocenters. The molecule has 0 aromatic heterocycles. The van der Waals surface area contributed by atoms with Gasteiger partial charge in [0.1, 0.15) is 5.82 Å². The van der Waals surface area contributed by atoms with E-state index in [9.17, 15) is 4.79 Å². The fourth-order valence-electron chi connectivity index (χ4n) is 0.766. The van der Waals surface area contributed by atoms with E-state index in [-0.39, 0.29) is 5.97 Å². The van der Waals surface area contributed by atoms with Crippen LogP contribution >= 0.6 is 0 Å². The third kappa shape index (κ3) is 5.11. The van der Waals surface area contributed by atoms with Crippen LogP contribution in [0.15, 0.2) is 11.9 Å². The van der Waals surface area contributed by atoms with E-state index >= 15 is 0 Å². The second-order valence-electron chi connectivity index (χ2n) is 3.25. The van der Waals surface area contributed by atoms with Crippen LogP contribution in [-0.4, -0.2) is 38.1 Å². The van der Waals surface area contributed by atoms with Gasteiger partial charge in [0.15, 0.2) is 0 Å². The summed E-state index contributed by atoms with van der Waals surface area (Å²) in [6.07, 6.45) is 1.43. The third-order valence-corrected chi connectivity index (χ3v) is 1.37. The van der Waals surface area contributed by atoms with Gasteiger partial charge in [-0.3, -0.25) is 0 Å². The van der Waals surface area contributed by atoms with Crippen molar-refractivity contribution in [1.82, 2.24) is 10.2 Å². The molecule has 0 saturated carbocycles. The molecule has 0 saturated heterocycles. The lowest BCUT2D eigenvalue weighted by molar-refractivity contribution is -0.135. The molecule has 13 heavy (non-hydrogen) atoms. The fourth-order valence-corrected chi connectivity index (χ4v) is 0.766. The van der Waals surface area contributed by atoms with Crippen LogP contribution in [0.4, 0.5) is 0 Å². The summed E-state index contributed by atoms with van der Waals surface area (Å²) in [6, 6.07) is 0.290. The minimum Gasteiger partial charge on any atom is -0.466 e. The molecule has 1 N–H and O–H groups in total. The summed E-state index contributed by atoms with van der Waals surface area (Å²) < 4.78 is 4.53. The van der Waals surface area contributed by atoms with Crippen LogP contribution in [-0.2, 0) is 9.53 Å². The predicted molar refractivity (Wildman–Crippen MR) is 52.1 cm³/mol. The lowest BCUT2D eigenvalue weighted by atomic mass is 10.4. The molecule has 0 aliphatic heterocycles. The van der Waals surface area contributed by atoms with Crippen molar-refractivity contribution in [2.75, 3.05) is 21.2 Å². The molecular weight excluding hydrogens is 168 g/mol. The molecule has 0 aromatic rings. The first-order valence-corrected chi connectivity index (χ1v) is 4.21. The van der Waals surface area contributed by atoms with Gasteiger partial charge in [-0.15, -0.1) is 0 Å². The van der Waals surface area contributed by atoms with Crippen molar-refractivity contribution in [3.63, 3.8) is 0 Å². The van der Waals surface area contributed by atoms with Crippen LogP contribution in [0.25, 0.3) is 0 Å². The van der Waals surface area contributed by atoms with Gasteiger partial charge in [-0.25, -0.2) is 4.79 Å². The molecule has 76 valence electrons. The normalized spacial score (nSPS) is 11.4. The smallest absolute Gasteiger partial charge is 0.334 e. The molecule has 0 aromatic carbocycles. The van der Waals surface area contributed by atoms with E-state index in [1.165, 1.54) is 13.2 Å². The largest absolute Gasteiger partial charge is 0.466 e. The fraction of sp³-hybridized carbons (Fsp3) is 0.667. The van der Waals surface area contributed by atoms with Crippen molar-refractivity contribution >= 4 is 5.97 Å². The standard InChI is InChI=1S/C9H18N2O2/c1-7(2)10-8(11(3)4)6-9(12)13-5/h6-7,10H,1-5H3. The summed E-state index contributed by atoms with van der Waals surface area (Å²) >= 11 is 0. The quantitative estimate of drug-likeness (QED) is 0.514. The van der Waals surface area contributed by atoms with Gasteiger partial charge in [-0.2, -0.15) is 0 Å². The summed E-state index contributed by atoms with van der Waals surface area (Å²) in [5, 5.41) is 3.13. The van der Waals surface area contributed by atoms with Crippen LogP contribution in [0, 0.1) is 0 Å².